The Morgan fingerprint density at radius 3 is 2.74 bits per heavy atom. The maximum atomic E-state index is 11.9. The monoisotopic (exact) mass is 308 g/mol. The fourth-order valence-electron chi connectivity index (χ4n) is 2.32. The lowest BCUT2D eigenvalue weighted by atomic mass is 10.2. The summed E-state index contributed by atoms with van der Waals surface area (Å²) in [6.07, 6.45) is 5.24. The maximum Gasteiger partial charge on any atom is 0.271 e. The van der Waals surface area contributed by atoms with Crippen LogP contribution >= 0.6 is 0 Å². The van der Waals surface area contributed by atoms with Gasteiger partial charge < -0.3 is 4.57 Å². The van der Waals surface area contributed by atoms with Crippen molar-refractivity contribution < 1.29 is 9.59 Å². The van der Waals surface area contributed by atoms with E-state index in [0.717, 1.165) is 10.9 Å². The van der Waals surface area contributed by atoms with Crippen molar-refractivity contribution in [3.05, 3.63) is 66.6 Å². The van der Waals surface area contributed by atoms with Gasteiger partial charge in [0.05, 0.1) is 5.56 Å². The number of fused-ring (bicyclic) bond motifs is 1. The minimum absolute atomic E-state index is 0.250. The van der Waals surface area contributed by atoms with Gasteiger partial charge in [-0.05, 0) is 29.7 Å². The Morgan fingerprint density at radius 2 is 1.91 bits per heavy atom. The Kier molecular flexibility index (Phi) is 4.33. The Balaban J connectivity index is 1.51. The lowest BCUT2D eigenvalue weighted by Crippen LogP contribution is -2.41. The number of pyridine rings is 1. The van der Waals surface area contributed by atoms with Gasteiger partial charge in [0, 0.05) is 37.1 Å². The second-order valence-electron chi connectivity index (χ2n) is 5.06. The summed E-state index contributed by atoms with van der Waals surface area (Å²) >= 11 is 0. The molecule has 23 heavy (non-hydrogen) atoms. The molecule has 0 saturated carbocycles. The van der Waals surface area contributed by atoms with Gasteiger partial charge >= 0.3 is 0 Å². The molecular weight excluding hydrogens is 292 g/mol. The highest BCUT2D eigenvalue weighted by Crippen LogP contribution is 2.15. The third-order valence-corrected chi connectivity index (χ3v) is 3.50. The number of nitrogens with one attached hydrogen (secondary N) is 2. The lowest BCUT2D eigenvalue weighted by Gasteiger charge is -2.08. The predicted molar refractivity (Wildman–Crippen MR) is 86.4 cm³/mol. The Labute approximate surface area is 133 Å². The molecule has 3 rings (SSSR count). The van der Waals surface area contributed by atoms with Gasteiger partial charge in [0.2, 0.25) is 5.91 Å². The van der Waals surface area contributed by atoms with Crippen LogP contribution in [0, 0.1) is 0 Å². The van der Waals surface area contributed by atoms with E-state index in [2.05, 4.69) is 15.8 Å². The third kappa shape index (κ3) is 3.55. The molecule has 6 heteroatoms. The zero-order valence-corrected chi connectivity index (χ0v) is 12.4. The van der Waals surface area contributed by atoms with E-state index in [0.29, 0.717) is 12.1 Å². The van der Waals surface area contributed by atoms with Crippen LogP contribution in [0.3, 0.4) is 0 Å². The summed E-state index contributed by atoms with van der Waals surface area (Å²) < 4.78 is 2.01. The quantitative estimate of drug-likeness (QED) is 0.723. The number of hydrogen-bond acceptors (Lipinski definition) is 3. The van der Waals surface area contributed by atoms with Gasteiger partial charge in [-0.25, -0.2) is 0 Å². The molecule has 0 radical (unpaired) electrons. The van der Waals surface area contributed by atoms with E-state index in [9.17, 15) is 9.59 Å². The van der Waals surface area contributed by atoms with Crippen molar-refractivity contribution >= 4 is 22.7 Å². The van der Waals surface area contributed by atoms with Crippen LogP contribution in [0.25, 0.3) is 10.9 Å². The van der Waals surface area contributed by atoms with Gasteiger partial charge in [0.15, 0.2) is 0 Å². The van der Waals surface area contributed by atoms with Crippen LogP contribution in [0.15, 0.2) is 61.1 Å². The molecule has 0 aliphatic carbocycles. The maximum absolute atomic E-state index is 11.9. The minimum Gasteiger partial charge on any atom is -0.347 e. The molecule has 0 bridgehead atoms. The van der Waals surface area contributed by atoms with Gasteiger partial charge in [-0.3, -0.25) is 25.4 Å². The van der Waals surface area contributed by atoms with Crippen molar-refractivity contribution in [2.75, 3.05) is 0 Å². The molecule has 2 N–H and O–H groups in total. The second-order valence-corrected chi connectivity index (χ2v) is 5.06. The van der Waals surface area contributed by atoms with Crippen molar-refractivity contribution in [3.8, 4) is 0 Å². The van der Waals surface area contributed by atoms with E-state index in [1.165, 1.54) is 6.20 Å². The van der Waals surface area contributed by atoms with E-state index in [-0.39, 0.29) is 12.3 Å². The van der Waals surface area contributed by atoms with Crippen LogP contribution in [0.4, 0.5) is 0 Å². The highest BCUT2D eigenvalue weighted by atomic mass is 16.2. The van der Waals surface area contributed by atoms with E-state index < -0.39 is 5.91 Å². The number of amides is 2. The van der Waals surface area contributed by atoms with E-state index in [1.807, 2.05) is 41.1 Å². The van der Waals surface area contributed by atoms with Gasteiger partial charge in [-0.15, -0.1) is 0 Å². The Hall–Kier alpha value is -3.15. The van der Waals surface area contributed by atoms with Gasteiger partial charge in [0.1, 0.15) is 0 Å². The molecule has 0 atom stereocenters. The molecule has 0 saturated heterocycles. The first kappa shape index (κ1) is 14.8. The average Bonchev–Trinajstić information content (AvgIpc) is 3.02. The van der Waals surface area contributed by atoms with Crippen molar-refractivity contribution in [2.24, 2.45) is 0 Å². The van der Waals surface area contributed by atoms with Crippen LogP contribution < -0.4 is 10.9 Å². The molecule has 0 fully saturated rings. The molecule has 3 aromatic rings. The average molecular weight is 308 g/mol. The summed E-state index contributed by atoms with van der Waals surface area (Å²) in [5.41, 5.74) is 6.27. The molecule has 2 aromatic heterocycles. The molecule has 116 valence electrons. The summed E-state index contributed by atoms with van der Waals surface area (Å²) in [6.45, 7) is 0.544. The van der Waals surface area contributed by atoms with E-state index in [4.69, 9.17) is 0 Å². The molecule has 2 amide bonds. The molecule has 6 nitrogen and oxygen atoms in total. The Bertz CT molecular complexity index is 827. The van der Waals surface area contributed by atoms with Gasteiger partial charge in [-0.1, -0.05) is 18.2 Å². The normalized spacial score (nSPS) is 10.4. The number of benzene rings is 1. The first-order chi connectivity index (χ1) is 11.2. The van der Waals surface area contributed by atoms with E-state index in [1.54, 1.807) is 18.3 Å². The summed E-state index contributed by atoms with van der Waals surface area (Å²) in [4.78, 5) is 27.5. The number of carbonyl (C=O) groups is 2. The molecule has 1 aromatic carbocycles. The number of carbonyl (C=O) groups excluding carboxylic acids is 2. The van der Waals surface area contributed by atoms with Crippen molar-refractivity contribution in [1.29, 1.82) is 0 Å². The van der Waals surface area contributed by atoms with Crippen molar-refractivity contribution in [3.63, 3.8) is 0 Å². The molecule has 2 heterocycles. The lowest BCUT2D eigenvalue weighted by molar-refractivity contribution is -0.122. The number of rotatable bonds is 4. The number of hydrogen-bond donors (Lipinski definition) is 2. The van der Waals surface area contributed by atoms with Gasteiger partial charge in [0.25, 0.3) is 5.91 Å². The number of hydrazine groups is 1. The molecular formula is C17H16N4O2. The number of aryl methyl sites for hydroxylation is 1. The zero-order valence-electron chi connectivity index (χ0n) is 12.4. The smallest absolute Gasteiger partial charge is 0.271 e. The largest absolute Gasteiger partial charge is 0.347 e. The fourth-order valence-corrected chi connectivity index (χ4v) is 2.32. The topological polar surface area (TPSA) is 76.0 Å². The first-order valence-electron chi connectivity index (χ1n) is 7.27. The SMILES string of the molecule is O=C(CCn1ccc2ccccc21)NNC(=O)c1cccnc1. The van der Waals surface area contributed by atoms with Crippen LogP contribution in [0.5, 0.6) is 0 Å². The predicted octanol–water partition coefficient (Wildman–Crippen LogP) is 1.89. The summed E-state index contributed by atoms with van der Waals surface area (Å²) in [5.74, 6) is -0.641. The molecule has 0 spiro atoms. The highest BCUT2D eigenvalue weighted by Gasteiger charge is 2.08. The van der Waals surface area contributed by atoms with Crippen molar-refractivity contribution in [2.45, 2.75) is 13.0 Å². The standard InChI is InChI=1S/C17H16N4O2/c22-16(19-20-17(23)14-5-3-9-18-12-14)8-11-21-10-7-13-4-1-2-6-15(13)21/h1-7,9-10,12H,8,11H2,(H,19,22)(H,20,23). The number of nitrogens with zero attached hydrogens (tertiary/aromatic N) is 2. The minimum atomic E-state index is -0.391. The van der Waals surface area contributed by atoms with Gasteiger partial charge in [-0.2, -0.15) is 0 Å². The van der Waals surface area contributed by atoms with Crippen LogP contribution in [0.1, 0.15) is 16.8 Å². The number of aromatic nitrogens is 2. The second kappa shape index (κ2) is 6.74. The first-order valence-corrected chi connectivity index (χ1v) is 7.27. The molecule has 0 unspecified atom stereocenters. The number of para-hydroxylation sites is 1. The summed E-state index contributed by atoms with van der Waals surface area (Å²) in [6, 6.07) is 13.3. The third-order valence-electron chi connectivity index (χ3n) is 3.50. The van der Waals surface area contributed by atoms with Crippen molar-refractivity contribution in [1.82, 2.24) is 20.4 Å². The Morgan fingerprint density at radius 1 is 1.04 bits per heavy atom. The van der Waals surface area contributed by atoms with E-state index >= 15 is 0 Å². The molecule has 0 aliphatic rings. The van der Waals surface area contributed by atoms with Crippen LogP contribution in [-0.4, -0.2) is 21.4 Å². The summed E-state index contributed by atoms with van der Waals surface area (Å²) in [7, 11) is 0. The highest BCUT2D eigenvalue weighted by molar-refractivity contribution is 5.95. The summed E-state index contributed by atoms with van der Waals surface area (Å²) in [5, 5.41) is 1.14. The fraction of sp³-hybridized carbons (Fsp3) is 0.118. The molecule has 0 aliphatic heterocycles. The van der Waals surface area contributed by atoms with Crippen LogP contribution in [0.2, 0.25) is 0 Å². The zero-order chi connectivity index (χ0) is 16.1. The van der Waals surface area contributed by atoms with Crippen LogP contribution in [-0.2, 0) is 11.3 Å².